The first-order chi connectivity index (χ1) is 13.0. The number of urea groups is 1. The molecular formula is C19H22FN3O4. The van der Waals surface area contributed by atoms with E-state index >= 15 is 0 Å². The van der Waals surface area contributed by atoms with Crippen LogP contribution in [0.1, 0.15) is 61.2 Å². The van der Waals surface area contributed by atoms with E-state index in [9.17, 15) is 19.1 Å². The lowest BCUT2D eigenvalue weighted by molar-refractivity contribution is 0.0693. The van der Waals surface area contributed by atoms with E-state index in [1.165, 1.54) is 30.7 Å². The third-order valence-electron chi connectivity index (χ3n) is 4.73. The Morgan fingerprint density at radius 2 is 1.89 bits per heavy atom. The van der Waals surface area contributed by atoms with Crippen LogP contribution in [-0.4, -0.2) is 28.3 Å². The Bertz CT molecular complexity index is 813. The van der Waals surface area contributed by atoms with E-state index < -0.39 is 17.8 Å². The normalized spacial score (nSPS) is 15.9. The fourth-order valence-electron chi connectivity index (χ4n) is 3.35. The van der Waals surface area contributed by atoms with Gasteiger partial charge in [-0.25, -0.2) is 14.0 Å². The fraction of sp³-hybridized carbons (Fsp3) is 0.421. The van der Waals surface area contributed by atoms with Crippen molar-refractivity contribution in [3.05, 3.63) is 41.4 Å². The summed E-state index contributed by atoms with van der Waals surface area (Å²) in [4.78, 5) is 24.0. The van der Waals surface area contributed by atoms with Crippen LogP contribution in [0.2, 0.25) is 0 Å². The SMILES string of the molecule is C[C@@H](NC(=O)NC1CCCCC1)c1onc(-c2ccc(F)cc2)c1C(=O)O. The number of hydrogen-bond donors (Lipinski definition) is 3. The number of amides is 2. The van der Waals surface area contributed by atoms with Crippen LogP contribution in [0.15, 0.2) is 28.8 Å². The van der Waals surface area contributed by atoms with Crippen molar-refractivity contribution in [2.75, 3.05) is 0 Å². The number of halogens is 1. The van der Waals surface area contributed by atoms with Crippen molar-refractivity contribution in [1.29, 1.82) is 0 Å². The number of rotatable bonds is 5. The molecule has 1 aliphatic carbocycles. The van der Waals surface area contributed by atoms with Crippen LogP contribution in [0.4, 0.5) is 9.18 Å². The summed E-state index contributed by atoms with van der Waals surface area (Å²) >= 11 is 0. The molecular weight excluding hydrogens is 353 g/mol. The number of aromatic nitrogens is 1. The van der Waals surface area contributed by atoms with Crippen LogP contribution in [0, 0.1) is 5.82 Å². The van der Waals surface area contributed by atoms with E-state index in [-0.39, 0.29) is 29.1 Å². The molecule has 2 aromatic rings. The summed E-state index contributed by atoms with van der Waals surface area (Å²) in [6.45, 7) is 1.63. The number of nitrogens with one attached hydrogen (secondary N) is 2. The van der Waals surface area contributed by atoms with Gasteiger partial charge in [0.15, 0.2) is 5.76 Å². The molecule has 0 bridgehead atoms. The van der Waals surface area contributed by atoms with E-state index in [4.69, 9.17) is 4.52 Å². The number of carboxylic acids is 1. The second-order valence-corrected chi connectivity index (χ2v) is 6.76. The van der Waals surface area contributed by atoms with Gasteiger partial charge >= 0.3 is 12.0 Å². The minimum atomic E-state index is -1.23. The van der Waals surface area contributed by atoms with Gasteiger partial charge in [-0.2, -0.15) is 0 Å². The predicted molar refractivity (Wildman–Crippen MR) is 95.8 cm³/mol. The molecule has 1 aromatic carbocycles. The summed E-state index contributed by atoms with van der Waals surface area (Å²) in [6.07, 6.45) is 5.25. The van der Waals surface area contributed by atoms with Gasteiger partial charge in [0.25, 0.3) is 0 Å². The first-order valence-electron chi connectivity index (χ1n) is 9.01. The lowest BCUT2D eigenvalue weighted by atomic mass is 9.96. The molecule has 144 valence electrons. The molecule has 0 aliphatic heterocycles. The van der Waals surface area contributed by atoms with E-state index in [0.29, 0.717) is 5.56 Å². The van der Waals surface area contributed by atoms with Crippen molar-refractivity contribution in [3.8, 4) is 11.3 Å². The van der Waals surface area contributed by atoms with Gasteiger partial charge in [0, 0.05) is 11.6 Å². The number of hydrogen-bond acceptors (Lipinski definition) is 4. The molecule has 1 saturated carbocycles. The van der Waals surface area contributed by atoms with Gasteiger partial charge in [-0.05, 0) is 44.0 Å². The van der Waals surface area contributed by atoms with Gasteiger partial charge in [-0.15, -0.1) is 0 Å². The zero-order valence-electron chi connectivity index (χ0n) is 15.0. The van der Waals surface area contributed by atoms with E-state index in [1.54, 1.807) is 6.92 Å². The highest BCUT2D eigenvalue weighted by atomic mass is 19.1. The Morgan fingerprint density at radius 1 is 1.22 bits per heavy atom. The Labute approximate surface area is 155 Å². The van der Waals surface area contributed by atoms with Crippen molar-refractivity contribution in [1.82, 2.24) is 15.8 Å². The molecule has 27 heavy (non-hydrogen) atoms. The Balaban J connectivity index is 1.76. The van der Waals surface area contributed by atoms with Crippen molar-refractivity contribution in [2.24, 2.45) is 0 Å². The van der Waals surface area contributed by atoms with Gasteiger partial charge in [0.2, 0.25) is 0 Å². The predicted octanol–water partition coefficient (Wildman–Crippen LogP) is 3.87. The molecule has 1 aliphatic rings. The second kappa shape index (κ2) is 8.20. The summed E-state index contributed by atoms with van der Waals surface area (Å²) in [5.41, 5.74) is 0.369. The lowest BCUT2D eigenvalue weighted by Gasteiger charge is -2.23. The van der Waals surface area contributed by atoms with E-state index in [2.05, 4.69) is 15.8 Å². The first kappa shape index (κ1) is 18.9. The Kier molecular flexibility index (Phi) is 5.73. The molecule has 1 heterocycles. The van der Waals surface area contributed by atoms with Crippen LogP contribution in [0.5, 0.6) is 0 Å². The van der Waals surface area contributed by atoms with Crippen molar-refractivity contribution < 1.29 is 23.6 Å². The zero-order chi connectivity index (χ0) is 19.4. The lowest BCUT2D eigenvalue weighted by Crippen LogP contribution is -2.43. The number of aromatic carboxylic acids is 1. The van der Waals surface area contributed by atoms with Crippen LogP contribution in [0.3, 0.4) is 0 Å². The summed E-state index contributed by atoms with van der Waals surface area (Å²) in [7, 11) is 0. The first-order valence-corrected chi connectivity index (χ1v) is 9.01. The van der Waals surface area contributed by atoms with E-state index in [1.807, 2.05) is 0 Å². The molecule has 1 aromatic heterocycles. The molecule has 1 fully saturated rings. The second-order valence-electron chi connectivity index (χ2n) is 6.76. The third kappa shape index (κ3) is 4.45. The Hall–Kier alpha value is -2.90. The standard InChI is InChI=1S/C19H22FN3O4/c1-11(21-19(26)22-14-5-3-2-4-6-14)17-15(18(24)25)16(23-27-17)12-7-9-13(20)10-8-12/h7-11,14H,2-6H2,1H3,(H,24,25)(H2,21,22,26)/t11-/m1/s1. The van der Waals surface area contributed by atoms with Crippen molar-refractivity contribution in [3.63, 3.8) is 0 Å². The largest absolute Gasteiger partial charge is 0.477 e. The maximum absolute atomic E-state index is 13.1. The smallest absolute Gasteiger partial charge is 0.341 e. The molecule has 0 spiro atoms. The van der Waals surface area contributed by atoms with Gasteiger partial charge in [-0.3, -0.25) is 0 Å². The van der Waals surface area contributed by atoms with Crippen LogP contribution < -0.4 is 10.6 Å². The summed E-state index contributed by atoms with van der Waals surface area (Å²) < 4.78 is 18.3. The number of benzene rings is 1. The highest BCUT2D eigenvalue weighted by molar-refractivity contribution is 5.96. The minimum Gasteiger partial charge on any atom is -0.477 e. The number of carboxylic acid groups (broad SMARTS) is 1. The fourth-order valence-corrected chi connectivity index (χ4v) is 3.35. The maximum atomic E-state index is 13.1. The Morgan fingerprint density at radius 3 is 2.52 bits per heavy atom. The molecule has 2 amide bonds. The summed E-state index contributed by atoms with van der Waals surface area (Å²) in [6, 6.07) is 4.36. The maximum Gasteiger partial charge on any atom is 0.341 e. The molecule has 1 atom stereocenters. The number of carbonyl (C=O) groups excluding carboxylic acids is 1. The highest BCUT2D eigenvalue weighted by Gasteiger charge is 2.28. The van der Waals surface area contributed by atoms with Crippen molar-refractivity contribution in [2.45, 2.75) is 51.1 Å². The monoisotopic (exact) mass is 375 g/mol. The number of nitrogens with zero attached hydrogens (tertiary/aromatic N) is 1. The molecule has 0 saturated heterocycles. The average molecular weight is 375 g/mol. The van der Waals surface area contributed by atoms with Gasteiger partial charge < -0.3 is 20.3 Å². The molecule has 0 radical (unpaired) electrons. The van der Waals surface area contributed by atoms with Crippen molar-refractivity contribution >= 4 is 12.0 Å². The third-order valence-corrected chi connectivity index (χ3v) is 4.73. The molecule has 8 heteroatoms. The van der Waals surface area contributed by atoms with Crippen LogP contribution in [-0.2, 0) is 0 Å². The van der Waals surface area contributed by atoms with Crippen LogP contribution >= 0.6 is 0 Å². The van der Waals surface area contributed by atoms with Gasteiger partial charge in [0.1, 0.15) is 17.1 Å². The molecule has 0 unspecified atom stereocenters. The topological polar surface area (TPSA) is 104 Å². The number of carbonyl (C=O) groups is 2. The summed E-state index contributed by atoms with van der Waals surface area (Å²) in [5.74, 6) is -1.62. The zero-order valence-corrected chi connectivity index (χ0v) is 15.0. The molecule has 3 rings (SSSR count). The highest BCUT2D eigenvalue weighted by Crippen LogP contribution is 2.29. The molecule has 3 N–H and O–H groups in total. The van der Waals surface area contributed by atoms with Gasteiger partial charge in [-0.1, -0.05) is 24.4 Å². The molecule has 7 nitrogen and oxygen atoms in total. The quantitative estimate of drug-likeness (QED) is 0.736. The van der Waals surface area contributed by atoms with Crippen LogP contribution in [0.25, 0.3) is 11.3 Å². The summed E-state index contributed by atoms with van der Waals surface area (Å²) in [5, 5.41) is 19.0. The van der Waals surface area contributed by atoms with E-state index in [0.717, 1.165) is 25.7 Å². The minimum absolute atomic E-state index is 0.0422. The van der Waals surface area contributed by atoms with Gasteiger partial charge in [0.05, 0.1) is 6.04 Å². The average Bonchev–Trinajstić information content (AvgIpc) is 3.08.